The van der Waals surface area contributed by atoms with Gasteiger partial charge in [-0.25, -0.2) is 0 Å². The predicted molar refractivity (Wildman–Crippen MR) is 89.9 cm³/mol. The molecule has 1 heterocycles. The maximum Gasteiger partial charge on any atom is 0.281 e. The fraction of sp³-hybridized carbons (Fsp3) is 0.562. The first-order valence-electron chi connectivity index (χ1n) is 7.85. The molecule has 0 aliphatic carbocycles. The van der Waals surface area contributed by atoms with Gasteiger partial charge in [-0.05, 0) is 25.3 Å². The van der Waals surface area contributed by atoms with Crippen LogP contribution in [0.4, 0.5) is 0 Å². The highest BCUT2D eigenvalue weighted by Crippen LogP contribution is 2.22. The molecule has 7 heteroatoms. The first-order chi connectivity index (χ1) is 10.8. The van der Waals surface area contributed by atoms with Gasteiger partial charge in [0.1, 0.15) is 0 Å². The zero-order valence-electron chi connectivity index (χ0n) is 13.9. The first-order valence-corrected chi connectivity index (χ1v) is 9.25. The Bertz CT molecular complexity index is 623. The van der Waals surface area contributed by atoms with E-state index in [0.717, 1.165) is 5.56 Å². The molecule has 23 heavy (non-hydrogen) atoms. The molecule has 2 rings (SSSR count). The van der Waals surface area contributed by atoms with E-state index in [2.05, 4.69) is 5.32 Å². The van der Waals surface area contributed by atoms with Crippen LogP contribution in [-0.2, 0) is 15.0 Å². The predicted octanol–water partition coefficient (Wildman–Crippen LogP) is 1.38. The van der Waals surface area contributed by atoms with Gasteiger partial charge in [-0.3, -0.25) is 4.79 Å². The Kier molecular flexibility index (Phi) is 5.78. The number of nitrogens with one attached hydrogen (secondary N) is 1. The maximum absolute atomic E-state index is 12.4. The van der Waals surface area contributed by atoms with Crippen molar-refractivity contribution in [2.45, 2.75) is 25.8 Å². The van der Waals surface area contributed by atoms with Gasteiger partial charge < -0.3 is 5.32 Å². The molecule has 0 unspecified atom stereocenters. The summed E-state index contributed by atoms with van der Waals surface area (Å²) < 4.78 is 26.8. The first kappa shape index (κ1) is 17.9. The highest BCUT2D eigenvalue weighted by molar-refractivity contribution is 7.86. The minimum Gasteiger partial charge on any atom is -0.349 e. The highest BCUT2D eigenvalue weighted by atomic mass is 32.2. The van der Waals surface area contributed by atoms with Crippen LogP contribution >= 0.6 is 0 Å². The van der Waals surface area contributed by atoms with Crippen LogP contribution in [0.25, 0.3) is 0 Å². The minimum absolute atomic E-state index is 0.00301. The van der Waals surface area contributed by atoms with Crippen molar-refractivity contribution in [3.63, 3.8) is 0 Å². The van der Waals surface area contributed by atoms with Crippen LogP contribution < -0.4 is 5.32 Å². The van der Waals surface area contributed by atoms with Crippen LogP contribution in [0.2, 0.25) is 0 Å². The van der Waals surface area contributed by atoms with E-state index in [9.17, 15) is 13.2 Å². The quantitative estimate of drug-likeness (QED) is 0.881. The summed E-state index contributed by atoms with van der Waals surface area (Å²) in [5, 5.41) is 3.02. The Balaban J connectivity index is 1.89. The second-order valence-electron chi connectivity index (χ2n) is 6.10. The summed E-state index contributed by atoms with van der Waals surface area (Å²) in [6, 6.07) is 9.76. The largest absolute Gasteiger partial charge is 0.349 e. The number of nitrogens with zero attached hydrogens (tertiary/aromatic N) is 2. The van der Waals surface area contributed by atoms with Crippen LogP contribution in [0, 0.1) is 5.92 Å². The number of hydrogen-bond donors (Lipinski definition) is 1. The highest BCUT2D eigenvalue weighted by Gasteiger charge is 2.32. The average Bonchev–Trinajstić information content (AvgIpc) is 2.55. The lowest BCUT2D eigenvalue weighted by molar-refractivity contribution is -0.126. The van der Waals surface area contributed by atoms with E-state index in [1.165, 1.54) is 22.7 Å². The fourth-order valence-corrected chi connectivity index (χ4v) is 3.87. The molecule has 128 valence electrons. The normalized spacial score (nSPS) is 18.8. The van der Waals surface area contributed by atoms with E-state index >= 15 is 0 Å². The molecule has 1 aromatic rings. The van der Waals surface area contributed by atoms with Gasteiger partial charge in [0, 0.05) is 33.1 Å². The summed E-state index contributed by atoms with van der Waals surface area (Å²) in [7, 11) is -0.333. The summed E-state index contributed by atoms with van der Waals surface area (Å²) >= 11 is 0. The Morgan fingerprint density at radius 3 is 2.30 bits per heavy atom. The van der Waals surface area contributed by atoms with Gasteiger partial charge in [-0.2, -0.15) is 17.0 Å². The van der Waals surface area contributed by atoms with Crippen LogP contribution in [0.1, 0.15) is 31.4 Å². The topological polar surface area (TPSA) is 69.7 Å². The zero-order chi connectivity index (χ0) is 17.0. The van der Waals surface area contributed by atoms with E-state index < -0.39 is 10.2 Å². The lowest BCUT2D eigenvalue weighted by Crippen LogP contribution is -2.47. The van der Waals surface area contributed by atoms with Crippen LogP contribution in [0.3, 0.4) is 0 Å². The number of hydrogen-bond acceptors (Lipinski definition) is 3. The van der Waals surface area contributed by atoms with Crippen molar-refractivity contribution in [1.82, 2.24) is 13.9 Å². The van der Waals surface area contributed by atoms with Gasteiger partial charge in [0.15, 0.2) is 0 Å². The summed E-state index contributed by atoms with van der Waals surface area (Å²) in [5.74, 6) is -0.127. The van der Waals surface area contributed by atoms with Gasteiger partial charge in [0.05, 0.1) is 6.04 Å². The zero-order valence-corrected chi connectivity index (χ0v) is 14.7. The molecule has 1 aliphatic rings. The molecule has 1 N–H and O–H groups in total. The molecule has 0 radical (unpaired) electrons. The Labute approximate surface area is 138 Å². The van der Waals surface area contributed by atoms with Gasteiger partial charge >= 0.3 is 0 Å². The number of carbonyl (C=O) groups is 1. The number of piperidine rings is 1. The monoisotopic (exact) mass is 339 g/mol. The molecule has 0 spiro atoms. The van der Waals surface area contributed by atoms with Gasteiger partial charge in [-0.1, -0.05) is 30.3 Å². The summed E-state index contributed by atoms with van der Waals surface area (Å²) in [4.78, 5) is 12.4. The lowest BCUT2D eigenvalue weighted by Gasteiger charge is -2.32. The van der Waals surface area contributed by atoms with Crippen molar-refractivity contribution < 1.29 is 13.2 Å². The average molecular weight is 339 g/mol. The minimum atomic E-state index is -3.38. The SMILES string of the molecule is C[C@H](NC(=O)C1CCN(S(=O)(=O)N(C)C)CC1)c1ccccc1. The molecule has 1 fully saturated rings. The van der Waals surface area contributed by atoms with Crippen LogP contribution in [0.5, 0.6) is 0 Å². The number of amides is 1. The molecular weight excluding hydrogens is 314 g/mol. The summed E-state index contributed by atoms with van der Waals surface area (Å²) in [6.07, 6.45) is 1.11. The van der Waals surface area contributed by atoms with Gasteiger partial charge in [0.2, 0.25) is 5.91 Å². The molecule has 1 saturated heterocycles. The van der Waals surface area contributed by atoms with Gasteiger partial charge in [0.25, 0.3) is 10.2 Å². The van der Waals surface area contributed by atoms with E-state index in [1.807, 2.05) is 37.3 Å². The molecule has 0 bridgehead atoms. The summed E-state index contributed by atoms with van der Waals surface area (Å²) in [6.45, 7) is 2.73. The molecule has 0 aromatic heterocycles. The second kappa shape index (κ2) is 7.42. The molecule has 0 saturated carbocycles. The van der Waals surface area contributed by atoms with Crippen molar-refractivity contribution in [3.05, 3.63) is 35.9 Å². The molecule has 1 aliphatic heterocycles. The Morgan fingerprint density at radius 1 is 1.22 bits per heavy atom. The fourth-order valence-electron chi connectivity index (χ4n) is 2.74. The molecule has 1 aromatic carbocycles. The Hall–Kier alpha value is -1.44. The number of carbonyl (C=O) groups excluding carboxylic acids is 1. The molecule has 6 nitrogen and oxygen atoms in total. The third-order valence-electron chi connectivity index (χ3n) is 4.27. The van der Waals surface area contributed by atoms with Crippen molar-refractivity contribution in [3.8, 4) is 0 Å². The maximum atomic E-state index is 12.4. The molecular formula is C16H25N3O3S. The van der Waals surface area contributed by atoms with Gasteiger partial charge in [-0.15, -0.1) is 0 Å². The van der Waals surface area contributed by atoms with Crippen LogP contribution in [-0.4, -0.2) is 50.1 Å². The third-order valence-corrected chi connectivity index (χ3v) is 6.21. The van der Waals surface area contributed by atoms with E-state index in [0.29, 0.717) is 25.9 Å². The van der Waals surface area contributed by atoms with Crippen molar-refractivity contribution >= 4 is 16.1 Å². The van der Waals surface area contributed by atoms with E-state index in [-0.39, 0.29) is 17.9 Å². The molecule has 1 atom stereocenters. The van der Waals surface area contributed by atoms with Crippen molar-refractivity contribution in [2.75, 3.05) is 27.2 Å². The second-order valence-corrected chi connectivity index (χ2v) is 8.25. The standard InChI is InChI=1S/C16H25N3O3S/c1-13(14-7-5-4-6-8-14)17-16(20)15-9-11-19(12-10-15)23(21,22)18(2)3/h4-8,13,15H,9-12H2,1-3H3,(H,17,20)/t13-/m0/s1. The Morgan fingerprint density at radius 2 is 1.78 bits per heavy atom. The van der Waals surface area contributed by atoms with Crippen molar-refractivity contribution in [1.29, 1.82) is 0 Å². The third kappa shape index (κ3) is 4.31. The smallest absolute Gasteiger partial charge is 0.281 e. The van der Waals surface area contributed by atoms with E-state index in [1.54, 1.807) is 0 Å². The van der Waals surface area contributed by atoms with E-state index in [4.69, 9.17) is 0 Å². The van der Waals surface area contributed by atoms with Crippen molar-refractivity contribution in [2.24, 2.45) is 5.92 Å². The van der Waals surface area contributed by atoms with Crippen LogP contribution in [0.15, 0.2) is 30.3 Å². The number of benzene rings is 1. The molecule has 1 amide bonds. The summed E-state index contributed by atoms with van der Waals surface area (Å²) in [5.41, 5.74) is 1.06. The number of rotatable bonds is 5. The lowest BCUT2D eigenvalue weighted by atomic mass is 9.96.